The molecule has 0 atom stereocenters. The van der Waals surface area contributed by atoms with Crippen molar-refractivity contribution in [3.63, 3.8) is 0 Å². The molecule has 1 aromatic heterocycles. The van der Waals surface area contributed by atoms with Gasteiger partial charge in [0.2, 0.25) is 0 Å². The smallest absolute Gasteiger partial charge is 0.395 e. The van der Waals surface area contributed by atoms with Crippen molar-refractivity contribution < 1.29 is 14.1 Å². The summed E-state index contributed by atoms with van der Waals surface area (Å²) in [6.45, 7) is 9.08. The second-order valence-corrected chi connectivity index (χ2v) is 7.47. The zero-order chi connectivity index (χ0) is 18.9. The number of benzene rings is 1. The van der Waals surface area contributed by atoms with E-state index in [1.54, 1.807) is 4.90 Å². The average molecular weight is 357 g/mol. The highest BCUT2D eigenvalue weighted by molar-refractivity contribution is 5.92. The molecule has 1 aliphatic rings. The van der Waals surface area contributed by atoms with Crippen LogP contribution in [-0.4, -0.2) is 41.9 Å². The zero-order valence-electron chi connectivity index (χ0n) is 15.3. The fraction of sp³-hybridized carbons (Fsp3) is 0.421. The predicted molar refractivity (Wildman–Crippen MR) is 98.6 cm³/mol. The molecule has 138 valence electrons. The van der Waals surface area contributed by atoms with Gasteiger partial charge in [0.05, 0.1) is 6.07 Å². The third-order valence-corrected chi connectivity index (χ3v) is 4.65. The fourth-order valence-corrected chi connectivity index (χ4v) is 3.04. The van der Waals surface area contributed by atoms with Gasteiger partial charge in [-0.2, -0.15) is 0 Å². The number of rotatable bonds is 3. The Balaban J connectivity index is 1.61. The van der Waals surface area contributed by atoms with Crippen LogP contribution in [0.15, 0.2) is 40.8 Å². The van der Waals surface area contributed by atoms with Crippen LogP contribution >= 0.6 is 0 Å². The summed E-state index contributed by atoms with van der Waals surface area (Å²) < 4.78 is 5.01. The lowest BCUT2D eigenvalue weighted by atomic mass is 9.87. The van der Waals surface area contributed by atoms with Gasteiger partial charge in [0, 0.05) is 31.9 Å². The van der Waals surface area contributed by atoms with Crippen LogP contribution in [0.5, 0.6) is 0 Å². The number of nitro groups is 1. The van der Waals surface area contributed by atoms with Crippen LogP contribution in [0, 0.1) is 10.1 Å². The molecule has 0 aliphatic carbocycles. The summed E-state index contributed by atoms with van der Waals surface area (Å²) in [6, 6.07) is 11.1. The van der Waals surface area contributed by atoms with Crippen LogP contribution < -0.4 is 4.90 Å². The van der Waals surface area contributed by atoms with Crippen molar-refractivity contribution in [2.45, 2.75) is 26.2 Å². The van der Waals surface area contributed by atoms with Gasteiger partial charge in [-0.15, -0.1) is 0 Å². The number of piperazine rings is 1. The van der Waals surface area contributed by atoms with Crippen molar-refractivity contribution in [3.8, 4) is 0 Å². The van der Waals surface area contributed by atoms with E-state index in [9.17, 15) is 14.9 Å². The zero-order valence-corrected chi connectivity index (χ0v) is 15.3. The first-order valence-corrected chi connectivity index (χ1v) is 8.65. The monoisotopic (exact) mass is 357 g/mol. The molecule has 0 bridgehead atoms. The summed E-state index contributed by atoms with van der Waals surface area (Å²) in [4.78, 5) is 26.4. The lowest BCUT2D eigenvalue weighted by Crippen LogP contribution is -2.48. The third kappa shape index (κ3) is 3.71. The summed E-state index contributed by atoms with van der Waals surface area (Å²) in [5, 5.41) is 10.7. The molecular formula is C19H23N3O4. The highest BCUT2D eigenvalue weighted by Crippen LogP contribution is 2.26. The molecule has 0 radical (unpaired) electrons. The van der Waals surface area contributed by atoms with Crippen molar-refractivity contribution in [1.29, 1.82) is 0 Å². The van der Waals surface area contributed by atoms with Crippen LogP contribution in [-0.2, 0) is 5.41 Å². The van der Waals surface area contributed by atoms with Crippen molar-refractivity contribution in [1.82, 2.24) is 4.90 Å². The Morgan fingerprint density at radius 3 is 2.15 bits per heavy atom. The van der Waals surface area contributed by atoms with E-state index in [0.29, 0.717) is 26.2 Å². The van der Waals surface area contributed by atoms with Gasteiger partial charge in [-0.05, 0) is 29.2 Å². The molecule has 7 heteroatoms. The van der Waals surface area contributed by atoms with Gasteiger partial charge in [-0.1, -0.05) is 32.9 Å². The molecule has 2 aromatic rings. The summed E-state index contributed by atoms with van der Waals surface area (Å²) in [5.41, 5.74) is 2.54. The summed E-state index contributed by atoms with van der Waals surface area (Å²) in [6.07, 6.45) is 0. The number of amides is 1. The molecule has 1 amide bonds. The van der Waals surface area contributed by atoms with Crippen molar-refractivity contribution in [3.05, 3.63) is 57.8 Å². The first kappa shape index (κ1) is 18.0. The summed E-state index contributed by atoms with van der Waals surface area (Å²) >= 11 is 0. The minimum absolute atomic E-state index is 0.0136. The number of carbonyl (C=O) groups is 1. The van der Waals surface area contributed by atoms with E-state index in [1.807, 2.05) is 0 Å². The highest BCUT2D eigenvalue weighted by Gasteiger charge is 2.26. The van der Waals surface area contributed by atoms with Crippen LogP contribution in [0.1, 0.15) is 36.9 Å². The Morgan fingerprint density at radius 2 is 1.65 bits per heavy atom. The number of hydrogen-bond acceptors (Lipinski definition) is 5. The molecule has 0 N–H and O–H groups in total. The van der Waals surface area contributed by atoms with Crippen LogP contribution in [0.4, 0.5) is 11.6 Å². The third-order valence-electron chi connectivity index (χ3n) is 4.65. The summed E-state index contributed by atoms with van der Waals surface area (Å²) in [7, 11) is 0. The SMILES string of the molecule is CC(C)(C)c1ccc(N2CCN(C(=O)c3ccc([N+](=O)[O-])o3)CC2)cc1. The second kappa shape index (κ2) is 6.82. The second-order valence-electron chi connectivity index (χ2n) is 7.47. The normalized spacial score (nSPS) is 15.2. The van der Waals surface area contributed by atoms with Gasteiger partial charge in [0.15, 0.2) is 5.76 Å². The lowest BCUT2D eigenvalue weighted by Gasteiger charge is -2.36. The van der Waals surface area contributed by atoms with E-state index in [4.69, 9.17) is 4.42 Å². The van der Waals surface area contributed by atoms with E-state index < -0.39 is 10.8 Å². The average Bonchev–Trinajstić information content (AvgIpc) is 3.11. The molecule has 0 spiro atoms. The first-order chi connectivity index (χ1) is 12.3. The molecule has 0 saturated carbocycles. The van der Waals surface area contributed by atoms with E-state index in [-0.39, 0.29) is 17.1 Å². The molecule has 7 nitrogen and oxygen atoms in total. The molecule has 1 fully saturated rings. The largest absolute Gasteiger partial charge is 0.433 e. The number of hydrogen-bond donors (Lipinski definition) is 0. The van der Waals surface area contributed by atoms with E-state index in [0.717, 1.165) is 5.69 Å². The summed E-state index contributed by atoms with van der Waals surface area (Å²) in [5.74, 6) is -0.702. The molecule has 1 saturated heterocycles. The van der Waals surface area contributed by atoms with Gasteiger partial charge in [-0.25, -0.2) is 0 Å². The maximum atomic E-state index is 12.4. The molecular weight excluding hydrogens is 334 g/mol. The van der Waals surface area contributed by atoms with E-state index in [1.165, 1.54) is 17.7 Å². The topological polar surface area (TPSA) is 79.8 Å². The minimum Gasteiger partial charge on any atom is -0.395 e. The quantitative estimate of drug-likeness (QED) is 0.621. The Morgan fingerprint density at radius 1 is 1.04 bits per heavy atom. The van der Waals surface area contributed by atoms with Gasteiger partial charge in [0.1, 0.15) is 4.92 Å². The van der Waals surface area contributed by atoms with Crippen LogP contribution in [0.25, 0.3) is 0 Å². The minimum atomic E-state index is -0.643. The molecule has 3 rings (SSSR count). The van der Waals surface area contributed by atoms with Gasteiger partial charge < -0.3 is 14.2 Å². The lowest BCUT2D eigenvalue weighted by molar-refractivity contribution is -0.402. The Hall–Kier alpha value is -2.83. The van der Waals surface area contributed by atoms with E-state index >= 15 is 0 Å². The van der Waals surface area contributed by atoms with E-state index in [2.05, 4.69) is 49.9 Å². The van der Waals surface area contributed by atoms with Gasteiger partial charge in [0.25, 0.3) is 5.91 Å². The number of anilines is 1. The Kier molecular flexibility index (Phi) is 4.71. The predicted octanol–water partition coefficient (Wildman–Crippen LogP) is 3.45. The maximum Gasteiger partial charge on any atom is 0.433 e. The molecule has 26 heavy (non-hydrogen) atoms. The van der Waals surface area contributed by atoms with Crippen molar-refractivity contribution in [2.75, 3.05) is 31.1 Å². The van der Waals surface area contributed by atoms with Crippen molar-refractivity contribution in [2.24, 2.45) is 0 Å². The van der Waals surface area contributed by atoms with Gasteiger partial charge in [-0.3, -0.25) is 14.9 Å². The molecule has 0 unspecified atom stereocenters. The molecule has 1 aromatic carbocycles. The van der Waals surface area contributed by atoms with Crippen LogP contribution in [0.3, 0.4) is 0 Å². The fourth-order valence-electron chi connectivity index (χ4n) is 3.04. The maximum absolute atomic E-state index is 12.4. The Bertz CT molecular complexity index is 797. The number of carbonyl (C=O) groups excluding carboxylic acids is 1. The molecule has 2 heterocycles. The van der Waals surface area contributed by atoms with Crippen molar-refractivity contribution >= 4 is 17.5 Å². The Labute approximate surface area is 152 Å². The molecule has 1 aliphatic heterocycles. The number of furan rings is 1. The standard InChI is InChI=1S/C19H23N3O4/c1-19(2,3)14-4-6-15(7-5-14)20-10-12-21(13-11-20)18(23)16-8-9-17(26-16)22(24)25/h4-9H,10-13H2,1-3H3. The number of nitrogens with zero attached hydrogens (tertiary/aromatic N) is 3. The van der Waals surface area contributed by atoms with Crippen LogP contribution in [0.2, 0.25) is 0 Å². The first-order valence-electron chi connectivity index (χ1n) is 8.65. The highest BCUT2D eigenvalue weighted by atomic mass is 16.6. The van der Waals surface area contributed by atoms with Gasteiger partial charge >= 0.3 is 5.88 Å².